The summed E-state index contributed by atoms with van der Waals surface area (Å²) >= 11 is 0. The van der Waals surface area contributed by atoms with Gasteiger partial charge < -0.3 is 5.11 Å². The molecular formula is C7H13NO3. The van der Waals surface area contributed by atoms with Gasteiger partial charge >= 0.3 is 0 Å². The molecule has 0 amide bonds. The topological polar surface area (TPSA) is 63.4 Å². The Morgan fingerprint density at radius 3 is 2.64 bits per heavy atom. The molecule has 4 nitrogen and oxygen atoms in total. The molecule has 2 atom stereocenters. The Balaban J connectivity index is 2.35. The zero-order valence-corrected chi connectivity index (χ0v) is 6.40. The van der Waals surface area contributed by atoms with Crippen LogP contribution in [-0.2, 0) is 0 Å². The molecule has 1 aliphatic rings. The van der Waals surface area contributed by atoms with Crippen LogP contribution in [-0.4, -0.2) is 22.7 Å². The zero-order chi connectivity index (χ0) is 8.27. The van der Waals surface area contributed by atoms with Crippen molar-refractivity contribution in [2.24, 2.45) is 5.92 Å². The highest BCUT2D eigenvalue weighted by Gasteiger charge is 2.26. The lowest BCUT2D eigenvalue weighted by molar-refractivity contribution is -0.491. The molecule has 1 fully saturated rings. The van der Waals surface area contributed by atoms with E-state index in [-0.39, 0.29) is 17.4 Å². The Morgan fingerprint density at radius 2 is 2.09 bits per heavy atom. The Bertz CT molecular complexity index is 149. The number of aliphatic hydroxyl groups is 1. The predicted molar refractivity (Wildman–Crippen MR) is 39.8 cm³/mol. The van der Waals surface area contributed by atoms with Crippen LogP contribution in [0.25, 0.3) is 0 Å². The maximum absolute atomic E-state index is 10.1. The third kappa shape index (κ3) is 2.46. The van der Waals surface area contributed by atoms with Crippen molar-refractivity contribution in [1.82, 2.24) is 0 Å². The second-order valence-electron chi connectivity index (χ2n) is 3.13. The lowest BCUT2D eigenvalue weighted by Gasteiger charge is -2.23. The van der Waals surface area contributed by atoms with Gasteiger partial charge in [-0.3, -0.25) is 10.1 Å². The lowest BCUT2D eigenvalue weighted by Crippen LogP contribution is -2.30. The van der Waals surface area contributed by atoms with Crippen LogP contribution in [0.4, 0.5) is 0 Å². The van der Waals surface area contributed by atoms with E-state index in [4.69, 9.17) is 0 Å². The van der Waals surface area contributed by atoms with E-state index in [2.05, 4.69) is 0 Å². The minimum absolute atomic E-state index is 0.0683. The zero-order valence-electron chi connectivity index (χ0n) is 6.40. The van der Waals surface area contributed by atoms with Crippen LogP contribution in [0, 0.1) is 16.0 Å². The second kappa shape index (κ2) is 3.67. The van der Waals surface area contributed by atoms with Gasteiger partial charge in [-0.25, -0.2) is 0 Å². The maximum atomic E-state index is 10.1. The number of nitro groups is 1. The van der Waals surface area contributed by atoms with E-state index in [0.717, 1.165) is 25.7 Å². The summed E-state index contributed by atoms with van der Waals surface area (Å²) in [6.45, 7) is -0.0683. The molecule has 0 aromatic carbocycles. The molecule has 64 valence electrons. The molecular weight excluding hydrogens is 146 g/mol. The largest absolute Gasteiger partial charge is 0.393 e. The summed E-state index contributed by atoms with van der Waals surface area (Å²) in [6.07, 6.45) is 3.14. The molecule has 0 radical (unpaired) electrons. The number of aliphatic hydroxyl groups excluding tert-OH is 1. The van der Waals surface area contributed by atoms with Gasteiger partial charge in [0, 0.05) is 10.8 Å². The summed E-state index contributed by atoms with van der Waals surface area (Å²) in [6, 6.07) is 0. The number of hydrogen-bond donors (Lipinski definition) is 1. The summed E-state index contributed by atoms with van der Waals surface area (Å²) in [5, 5.41) is 19.4. The first kappa shape index (κ1) is 8.46. The van der Waals surface area contributed by atoms with Crippen molar-refractivity contribution in [3.8, 4) is 0 Å². The van der Waals surface area contributed by atoms with Crippen LogP contribution in [0.3, 0.4) is 0 Å². The van der Waals surface area contributed by atoms with Crippen molar-refractivity contribution in [2.75, 3.05) is 6.54 Å². The highest BCUT2D eigenvalue weighted by Crippen LogP contribution is 2.24. The molecule has 0 aromatic rings. The van der Waals surface area contributed by atoms with Crippen molar-refractivity contribution in [3.63, 3.8) is 0 Å². The van der Waals surface area contributed by atoms with Gasteiger partial charge in [0.25, 0.3) is 0 Å². The van der Waals surface area contributed by atoms with Gasteiger partial charge in [-0.2, -0.15) is 0 Å². The van der Waals surface area contributed by atoms with Crippen LogP contribution in [0.1, 0.15) is 25.7 Å². The van der Waals surface area contributed by atoms with Crippen LogP contribution in [0.2, 0.25) is 0 Å². The van der Waals surface area contributed by atoms with Crippen LogP contribution in [0.5, 0.6) is 0 Å². The summed E-state index contributed by atoms with van der Waals surface area (Å²) in [4.78, 5) is 9.77. The molecule has 0 saturated heterocycles. The quantitative estimate of drug-likeness (QED) is 0.479. The fourth-order valence-corrected chi connectivity index (χ4v) is 1.59. The van der Waals surface area contributed by atoms with Gasteiger partial charge in [-0.1, -0.05) is 12.8 Å². The van der Waals surface area contributed by atoms with Gasteiger partial charge in [0.05, 0.1) is 6.10 Å². The molecule has 0 spiro atoms. The number of rotatable bonds is 2. The van der Waals surface area contributed by atoms with E-state index in [0.29, 0.717) is 0 Å². The Hall–Kier alpha value is -0.640. The molecule has 0 aromatic heterocycles. The van der Waals surface area contributed by atoms with Crippen LogP contribution >= 0.6 is 0 Å². The summed E-state index contributed by atoms with van der Waals surface area (Å²) < 4.78 is 0. The first-order valence-electron chi connectivity index (χ1n) is 4.00. The predicted octanol–water partition coefficient (Wildman–Crippen LogP) is 0.814. The Morgan fingerprint density at radius 1 is 1.45 bits per heavy atom. The molecule has 1 N–H and O–H groups in total. The standard InChI is InChI=1S/C7H13NO3/c9-7-4-2-1-3-6(7)5-8(10)11/h6-7,9H,1-5H2/t6-,7-/m1/s1. The van der Waals surface area contributed by atoms with Crippen molar-refractivity contribution in [3.05, 3.63) is 10.1 Å². The van der Waals surface area contributed by atoms with E-state index in [1.54, 1.807) is 0 Å². The third-order valence-corrected chi connectivity index (χ3v) is 2.25. The minimum atomic E-state index is -0.436. The van der Waals surface area contributed by atoms with E-state index in [1.807, 2.05) is 0 Å². The normalized spacial score (nSPS) is 31.7. The fourth-order valence-electron chi connectivity index (χ4n) is 1.59. The molecule has 0 unspecified atom stereocenters. The summed E-state index contributed by atoms with van der Waals surface area (Å²) in [5.41, 5.74) is 0. The average Bonchev–Trinajstić information content (AvgIpc) is 1.93. The maximum Gasteiger partial charge on any atom is 0.209 e. The Kier molecular flexibility index (Phi) is 2.82. The van der Waals surface area contributed by atoms with E-state index >= 15 is 0 Å². The van der Waals surface area contributed by atoms with E-state index in [9.17, 15) is 15.2 Å². The lowest BCUT2D eigenvalue weighted by atomic mass is 9.87. The van der Waals surface area contributed by atoms with Gasteiger partial charge in [0.15, 0.2) is 0 Å². The average molecular weight is 159 g/mol. The number of hydrogen-bond acceptors (Lipinski definition) is 3. The molecule has 11 heavy (non-hydrogen) atoms. The summed E-state index contributed by atoms with van der Waals surface area (Å²) in [5.74, 6) is -0.0984. The van der Waals surface area contributed by atoms with Crippen molar-refractivity contribution in [1.29, 1.82) is 0 Å². The molecule has 1 rings (SSSR count). The van der Waals surface area contributed by atoms with Gasteiger partial charge in [-0.15, -0.1) is 0 Å². The van der Waals surface area contributed by atoms with Gasteiger partial charge in [-0.05, 0) is 12.8 Å². The molecule has 0 heterocycles. The van der Waals surface area contributed by atoms with Gasteiger partial charge in [0.1, 0.15) is 0 Å². The molecule has 1 aliphatic carbocycles. The summed E-state index contributed by atoms with van der Waals surface area (Å²) in [7, 11) is 0. The van der Waals surface area contributed by atoms with Crippen molar-refractivity contribution >= 4 is 0 Å². The first-order chi connectivity index (χ1) is 5.20. The smallest absolute Gasteiger partial charge is 0.209 e. The first-order valence-corrected chi connectivity index (χ1v) is 4.00. The number of nitrogens with zero attached hydrogens (tertiary/aromatic N) is 1. The van der Waals surface area contributed by atoms with Crippen molar-refractivity contribution < 1.29 is 10.0 Å². The second-order valence-corrected chi connectivity index (χ2v) is 3.13. The third-order valence-electron chi connectivity index (χ3n) is 2.25. The highest BCUT2D eigenvalue weighted by atomic mass is 16.6. The SMILES string of the molecule is O=[N+]([O-])C[C@H]1CCCC[C@H]1O. The van der Waals surface area contributed by atoms with Crippen LogP contribution < -0.4 is 0 Å². The van der Waals surface area contributed by atoms with Gasteiger partial charge in [0.2, 0.25) is 6.54 Å². The van der Waals surface area contributed by atoms with E-state index in [1.165, 1.54) is 0 Å². The highest BCUT2D eigenvalue weighted by molar-refractivity contribution is 4.73. The van der Waals surface area contributed by atoms with Crippen LogP contribution in [0.15, 0.2) is 0 Å². The molecule has 1 saturated carbocycles. The minimum Gasteiger partial charge on any atom is -0.393 e. The Labute approximate surface area is 65.4 Å². The molecule has 0 aliphatic heterocycles. The molecule has 4 heteroatoms. The van der Waals surface area contributed by atoms with E-state index < -0.39 is 6.10 Å². The monoisotopic (exact) mass is 159 g/mol. The molecule has 0 bridgehead atoms. The van der Waals surface area contributed by atoms with Crippen molar-refractivity contribution in [2.45, 2.75) is 31.8 Å². The fraction of sp³-hybridized carbons (Fsp3) is 1.00.